The first-order valence-electron chi connectivity index (χ1n) is 8.21. The minimum atomic E-state index is -0.278. The maximum Gasteiger partial charge on any atom is 0.253 e. The summed E-state index contributed by atoms with van der Waals surface area (Å²) in [7, 11) is 0. The van der Waals surface area contributed by atoms with Crippen LogP contribution in [0.4, 0.5) is 0 Å². The number of rotatable bonds is 7. The predicted octanol–water partition coefficient (Wildman–Crippen LogP) is 3.44. The second-order valence-electron chi connectivity index (χ2n) is 6.21. The Morgan fingerprint density at radius 2 is 1.64 bits per heavy atom. The highest BCUT2D eigenvalue weighted by molar-refractivity contribution is 6.30. The van der Waals surface area contributed by atoms with Crippen molar-refractivity contribution in [2.75, 3.05) is 6.54 Å². The highest BCUT2D eigenvalue weighted by Crippen LogP contribution is 2.10. The van der Waals surface area contributed by atoms with Gasteiger partial charge in [0, 0.05) is 30.5 Å². The fraction of sp³-hybridized carbons (Fsp3) is 0.316. The van der Waals surface area contributed by atoms with Gasteiger partial charge in [-0.3, -0.25) is 14.6 Å². The van der Waals surface area contributed by atoms with E-state index in [1.807, 2.05) is 12.1 Å². The van der Waals surface area contributed by atoms with Crippen LogP contribution in [-0.4, -0.2) is 23.3 Å². The molecule has 0 saturated carbocycles. The normalized spacial score (nSPS) is 10.6. The van der Waals surface area contributed by atoms with Crippen LogP contribution in [0.1, 0.15) is 46.5 Å². The van der Waals surface area contributed by atoms with Crippen LogP contribution in [0.5, 0.6) is 0 Å². The van der Waals surface area contributed by atoms with E-state index in [-0.39, 0.29) is 11.8 Å². The number of pyridine rings is 1. The molecule has 0 atom stereocenters. The van der Waals surface area contributed by atoms with Gasteiger partial charge < -0.3 is 10.6 Å². The van der Waals surface area contributed by atoms with Gasteiger partial charge in [0.2, 0.25) is 0 Å². The number of halogens is 1. The Morgan fingerprint density at radius 3 is 2.24 bits per heavy atom. The first-order chi connectivity index (χ1) is 12.0. The molecular weight excluding hydrogens is 338 g/mol. The fourth-order valence-electron chi connectivity index (χ4n) is 2.15. The van der Waals surface area contributed by atoms with Gasteiger partial charge in [-0.15, -0.1) is 0 Å². The number of carbonyl (C=O) groups excluding carboxylic acids is 2. The average Bonchev–Trinajstić information content (AvgIpc) is 2.60. The van der Waals surface area contributed by atoms with Crippen LogP contribution in [-0.2, 0) is 6.54 Å². The molecule has 0 aliphatic carbocycles. The number of benzene rings is 1. The molecule has 1 heterocycles. The number of hydrogen-bond acceptors (Lipinski definition) is 3. The van der Waals surface area contributed by atoms with Gasteiger partial charge in [-0.2, -0.15) is 0 Å². The van der Waals surface area contributed by atoms with Crippen molar-refractivity contribution < 1.29 is 9.59 Å². The molecular formula is C19H22ClN3O2. The Labute approximate surface area is 152 Å². The second-order valence-corrected chi connectivity index (χ2v) is 6.65. The van der Waals surface area contributed by atoms with Crippen LogP contribution in [0.3, 0.4) is 0 Å². The van der Waals surface area contributed by atoms with E-state index >= 15 is 0 Å². The third-order valence-electron chi connectivity index (χ3n) is 3.64. The molecule has 5 nitrogen and oxygen atoms in total. The van der Waals surface area contributed by atoms with E-state index in [0.717, 1.165) is 12.0 Å². The van der Waals surface area contributed by atoms with Crippen LogP contribution in [0.25, 0.3) is 0 Å². The first-order valence-corrected chi connectivity index (χ1v) is 8.59. The number of nitrogens with one attached hydrogen (secondary N) is 2. The third kappa shape index (κ3) is 6.19. The summed E-state index contributed by atoms with van der Waals surface area (Å²) in [5.74, 6) is 0.0168. The summed E-state index contributed by atoms with van der Waals surface area (Å²) in [6.07, 6.45) is 3.81. The highest BCUT2D eigenvalue weighted by atomic mass is 35.5. The van der Waals surface area contributed by atoms with Crippen LogP contribution in [0.2, 0.25) is 5.02 Å². The molecule has 0 saturated heterocycles. The summed E-state index contributed by atoms with van der Waals surface area (Å²) in [6.45, 7) is 5.17. The Bertz CT molecular complexity index is 730. The minimum absolute atomic E-state index is 0.222. The van der Waals surface area contributed by atoms with E-state index in [0.29, 0.717) is 35.2 Å². The molecule has 6 heteroatoms. The Hall–Kier alpha value is -2.40. The quantitative estimate of drug-likeness (QED) is 0.795. The molecule has 0 unspecified atom stereocenters. The molecule has 0 radical (unpaired) electrons. The molecule has 0 fully saturated rings. The zero-order chi connectivity index (χ0) is 18.2. The van der Waals surface area contributed by atoms with Gasteiger partial charge in [0.05, 0.1) is 11.1 Å². The molecule has 0 bridgehead atoms. The van der Waals surface area contributed by atoms with E-state index in [1.54, 1.807) is 18.2 Å². The molecule has 1 aromatic heterocycles. The Kier molecular flexibility index (Phi) is 6.95. The van der Waals surface area contributed by atoms with E-state index in [4.69, 9.17) is 11.6 Å². The van der Waals surface area contributed by atoms with Crippen molar-refractivity contribution in [3.8, 4) is 0 Å². The maximum atomic E-state index is 12.3. The molecule has 0 aliphatic rings. The summed E-state index contributed by atoms with van der Waals surface area (Å²) in [6, 6.07) is 8.78. The Balaban J connectivity index is 1.93. The SMILES string of the molecule is CC(C)CCNC(=O)c1cncc(C(=O)NCc2ccc(Cl)cc2)c1. The fourth-order valence-corrected chi connectivity index (χ4v) is 2.28. The monoisotopic (exact) mass is 359 g/mol. The third-order valence-corrected chi connectivity index (χ3v) is 3.89. The molecule has 0 aliphatic heterocycles. The predicted molar refractivity (Wildman–Crippen MR) is 98.6 cm³/mol. The van der Waals surface area contributed by atoms with Gasteiger partial charge in [-0.05, 0) is 36.1 Å². The van der Waals surface area contributed by atoms with Gasteiger partial charge in [0.15, 0.2) is 0 Å². The molecule has 2 aromatic rings. The first kappa shape index (κ1) is 18.9. The minimum Gasteiger partial charge on any atom is -0.352 e. The molecule has 0 spiro atoms. The van der Waals surface area contributed by atoms with Crippen LogP contribution in [0.15, 0.2) is 42.7 Å². The number of nitrogens with zero attached hydrogens (tertiary/aromatic N) is 1. The van der Waals surface area contributed by atoms with Crippen molar-refractivity contribution in [1.82, 2.24) is 15.6 Å². The van der Waals surface area contributed by atoms with Crippen LogP contribution < -0.4 is 10.6 Å². The van der Waals surface area contributed by atoms with Gasteiger partial charge >= 0.3 is 0 Å². The van der Waals surface area contributed by atoms with E-state index in [1.165, 1.54) is 12.4 Å². The zero-order valence-electron chi connectivity index (χ0n) is 14.4. The largest absolute Gasteiger partial charge is 0.352 e. The molecule has 2 N–H and O–H groups in total. The lowest BCUT2D eigenvalue weighted by molar-refractivity contribution is 0.0950. The second kappa shape index (κ2) is 9.18. The van der Waals surface area contributed by atoms with Crippen molar-refractivity contribution in [1.29, 1.82) is 0 Å². The smallest absolute Gasteiger partial charge is 0.253 e. The van der Waals surface area contributed by atoms with Crippen molar-refractivity contribution in [2.24, 2.45) is 5.92 Å². The van der Waals surface area contributed by atoms with Crippen molar-refractivity contribution in [2.45, 2.75) is 26.8 Å². The summed E-state index contributed by atoms with van der Waals surface area (Å²) in [4.78, 5) is 28.4. The van der Waals surface area contributed by atoms with E-state index < -0.39 is 0 Å². The van der Waals surface area contributed by atoms with Gasteiger partial charge in [-0.1, -0.05) is 37.6 Å². The van der Waals surface area contributed by atoms with Crippen molar-refractivity contribution >= 4 is 23.4 Å². The molecule has 25 heavy (non-hydrogen) atoms. The van der Waals surface area contributed by atoms with E-state index in [2.05, 4.69) is 29.5 Å². The summed E-state index contributed by atoms with van der Waals surface area (Å²) in [5, 5.41) is 6.29. The van der Waals surface area contributed by atoms with Crippen LogP contribution >= 0.6 is 11.6 Å². The molecule has 2 amide bonds. The van der Waals surface area contributed by atoms with Crippen molar-refractivity contribution in [3.05, 3.63) is 64.4 Å². The summed E-state index contributed by atoms with van der Waals surface area (Å²) < 4.78 is 0. The lowest BCUT2D eigenvalue weighted by Gasteiger charge is -2.09. The van der Waals surface area contributed by atoms with Gasteiger partial charge in [0.25, 0.3) is 11.8 Å². The number of hydrogen-bond donors (Lipinski definition) is 2. The standard InChI is InChI=1S/C19H22ClN3O2/c1-13(2)7-8-22-18(24)15-9-16(12-21-11-15)19(25)23-10-14-3-5-17(20)6-4-14/h3-6,9,11-13H,7-8,10H2,1-2H3,(H,22,24)(H,23,25). The number of carbonyl (C=O) groups is 2. The van der Waals surface area contributed by atoms with Gasteiger partial charge in [0.1, 0.15) is 0 Å². The van der Waals surface area contributed by atoms with Crippen LogP contribution in [0, 0.1) is 5.92 Å². The summed E-state index contributed by atoms with van der Waals surface area (Å²) >= 11 is 5.84. The average molecular weight is 360 g/mol. The molecule has 1 aromatic carbocycles. The Morgan fingerprint density at radius 1 is 1.04 bits per heavy atom. The maximum absolute atomic E-state index is 12.3. The molecule has 132 valence electrons. The lowest BCUT2D eigenvalue weighted by Crippen LogP contribution is -2.27. The van der Waals surface area contributed by atoms with Crippen molar-refractivity contribution in [3.63, 3.8) is 0 Å². The number of amides is 2. The zero-order valence-corrected chi connectivity index (χ0v) is 15.1. The van der Waals surface area contributed by atoms with Gasteiger partial charge in [-0.25, -0.2) is 0 Å². The summed E-state index contributed by atoms with van der Waals surface area (Å²) in [5.41, 5.74) is 1.67. The number of aromatic nitrogens is 1. The lowest BCUT2D eigenvalue weighted by atomic mass is 10.1. The topological polar surface area (TPSA) is 71.1 Å². The van der Waals surface area contributed by atoms with E-state index in [9.17, 15) is 9.59 Å². The highest BCUT2D eigenvalue weighted by Gasteiger charge is 2.11. The molecule has 2 rings (SSSR count).